The largest absolute Gasteiger partial charge is 0.354 e. The molecule has 3 heterocycles. The van der Waals surface area contributed by atoms with Gasteiger partial charge in [-0.05, 0) is 32.6 Å². The van der Waals surface area contributed by atoms with E-state index in [0.29, 0.717) is 24.0 Å². The van der Waals surface area contributed by atoms with Crippen molar-refractivity contribution in [3.05, 3.63) is 17.1 Å². The number of hydrogen-bond acceptors (Lipinski definition) is 5. The van der Waals surface area contributed by atoms with Crippen molar-refractivity contribution < 1.29 is 9.59 Å². The summed E-state index contributed by atoms with van der Waals surface area (Å²) in [5.41, 5.74) is 1.47. The van der Waals surface area contributed by atoms with Crippen LogP contribution in [0.5, 0.6) is 0 Å². The smallest absolute Gasteiger partial charge is 0.270 e. The first-order valence-electron chi connectivity index (χ1n) is 9.33. The maximum Gasteiger partial charge on any atom is 0.270 e. The van der Waals surface area contributed by atoms with Gasteiger partial charge in [-0.1, -0.05) is 6.42 Å². The van der Waals surface area contributed by atoms with Gasteiger partial charge in [0, 0.05) is 44.2 Å². The van der Waals surface area contributed by atoms with Crippen molar-refractivity contribution in [1.82, 2.24) is 20.2 Å². The second-order valence-corrected chi connectivity index (χ2v) is 7.22. The maximum absolute atomic E-state index is 12.5. The minimum atomic E-state index is -0.107. The summed E-state index contributed by atoms with van der Waals surface area (Å²) >= 11 is 0. The van der Waals surface area contributed by atoms with E-state index in [9.17, 15) is 9.59 Å². The molecule has 2 amide bonds. The van der Waals surface area contributed by atoms with E-state index in [1.54, 1.807) is 0 Å². The predicted octanol–water partition coefficient (Wildman–Crippen LogP) is 0.910. The van der Waals surface area contributed by atoms with Crippen molar-refractivity contribution in [3.8, 4) is 0 Å². The molecule has 0 unspecified atom stereocenters. The molecule has 0 bridgehead atoms. The number of aromatic nitrogens is 2. The lowest BCUT2D eigenvalue weighted by Crippen LogP contribution is -2.41. The number of nitrogens with zero attached hydrogens (tertiary/aromatic N) is 4. The van der Waals surface area contributed by atoms with E-state index in [0.717, 1.165) is 63.2 Å². The fourth-order valence-corrected chi connectivity index (χ4v) is 3.91. The van der Waals surface area contributed by atoms with Crippen molar-refractivity contribution in [1.29, 1.82) is 0 Å². The predicted molar refractivity (Wildman–Crippen MR) is 93.6 cm³/mol. The zero-order valence-corrected chi connectivity index (χ0v) is 14.8. The third-order valence-electron chi connectivity index (χ3n) is 5.53. The average Bonchev–Trinajstić information content (AvgIpc) is 2.79. The zero-order valence-electron chi connectivity index (χ0n) is 14.8. The highest BCUT2D eigenvalue weighted by Crippen LogP contribution is 2.29. The van der Waals surface area contributed by atoms with Crippen molar-refractivity contribution in [3.63, 3.8) is 0 Å². The fraction of sp³-hybridized carbons (Fsp3) is 0.667. The van der Waals surface area contributed by atoms with E-state index < -0.39 is 0 Å². The topological polar surface area (TPSA) is 78.4 Å². The number of carbonyl (C=O) groups is 2. The summed E-state index contributed by atoms with van der Waals surface area (Å²) in [5, 5.41) is 2.85. The van der Waals surface area contributed by atoms with E-state index in [1.165, 1.54) is 6.42 Å². The fourth-order valence-electron chi connectivity index (χ4n) is 3.91. The van der Waals surface area contributed by atoms with Crippen LogP contribution in [-0.2, 0) is 11.2 Å². The second-order valence-electron chi connectivity index (χ2n) is 7.22. The Morgan fingerprint density at radius 2 is 1.96 bits per heavy atom. The molecule has 0 radical (unpaired) electrons. The molecule has 2 fully saturated rings. The molecule has 0 atom stereocenters. The van der Waals surface area contributed by atoms with Gasteiger partial charge >= 0.3 is 0 Å². The second kappa shape index (κ2) is 6.61. The lowest BCUT2D eigenvalue weighted by molar-refractivity contribution is -0.137. The minimum Gasteiger partial charge on any atom is -0.354 e. The van der Waals surface area contributed by atoms with Crippen molar-refractivity contribution in [2.24, 2.45) is 5.92 Å². The molecule has 0 spiro atoms. The number of aryl methyl sites for hydroxylation is 1. The highest BCUT2D eigenvalue weighted by molar-refractivity contribution is 5.96. The maximum atomic E-state index is 12.5. The monoisotopic (exact) mass is 343 g/mol. The highest BCUT2D eigenvalue weighted by atomic mass is 16.2. The summed E-state index contributed by atoms with van der Waals surface area (Å²) in [6.07, 6.45) is 4.98. The van der Waals surface area contributed by atoms with Crippen LogP contribution in [0.3, 0.4) is 0 Å². The molecule has 7 nitrogen and oxygen atoms in total. The highest BCUT2D eigenvalue weighted by Gasteiger charge is 2.31. The van der Waals surface area contributed by atoms with Crippen LogP contribution in [0.15, 0.2) is 0 Å². The molecule has 1 aliphatic carbocycles. The van der Waals surface area contributed by atoms with Gasteiger partial charge in [0.2, 0.25) is 5.91 Å². The van der Waals surface area contributed by atoms with Crippen LogP contribution in [0.4, 0.5) is 5.82 Å². The Balaban J connectivity index is 1.54. The van der Waals surface area contributed by atoms with Crippen molar-refractivity contribution in [2.45, 2.75) is 39.0 Å². The van der Waals surface area contributed by atoms with E-state index in [4.69, 9.17) is 0 Å². The number of anilines is 1. The normalized spacial score (nSPS) is 21.2. The number of carbonyl (C=O) groups excluding carboxylic acids is 2. The molecular formula is C18H25N5O2. The molecule has 3 aliphatic rings. The van der Waals surface area contributed by atoms with E-state index >= 15 is 0 Å². The summed E-state index contributed by atoms with van der Waals surface area (Å²) in [5.74, 6) is 1.98. The molecule has 1 saturated heterocycles. The molecule has 0 aromatic carbocycles. The Kier molecular flexibility index (Phi) is 4.31. The Bertz CT molecular complexity index is 701. The number of nitrogens with one attached hydrogen (secondary N) is 1. The Morgan fingerprint density at radius 3 is 2.72 bits per heavy atom. The molecule has 1 aromatic rings. The van der Waals surface area contributed by atoms with Crippen LogP contribution < -0.4 is 10.2 Å². The third-order valence-corrected chi connectivity index (χ3v) is 5.53. The van der Waals surface area contributed by atoms with Gasteiger partial charge in [-0.25, -0.2) is 9.97 Å². The quantitative estimate of drug-likeness (QED) is 0.863. The van der Waals surface area contributed by atoms with Crippen LogP contribution in [-0.4, -0.2) is 59.4 Å². The van der Waals surface area contributed by atoms with Gasteiger partial charge in [-0.2, -0.15) is 0 Å². The van der Waals surface area contributed by atoms with Crippen LogP contribution in [0.25, 0.3) is 0 Å². The standard InChI is InChI=1S/C18H25N5O2/c1-12-20-15-14(6-7-19-17(15)24)16(21-12)22-8-3-9-23(11-10-22)18(25)13-4-2-5-13/h13H,2-11H2,1H3,(H,19,24). The molecular weight excluding hydrogens is 318 g/mol. The summed E-state index contributed by atoms with van der Waals surface area (Å²) in [7, 11) is 0. The van der Waals surface area contributed by atoms with Gasteiger partial charge in [-0.3, -0.25) is 9.59 Å². The Labute approximate surface area is 147 Å². The first-order chi connectivity index (χ1) is 12.1. The van der Waals surface area contributed by atoms with Gasteiger partial charge in [-0.15, -0.1) is 0 Å². The zero-order chi connectivity index (χ0) is 17.4. The molecule has 4 rings (SSSR count). The van der Waals surface area contributed by atoms with Crippen molar-refractivity contribution >= 4 is 17.6 Å². The van der Waals surface area contributed by atoms with Gasteiger partial charge < -0.3 is 15.1 Å². The lowest BCUT2D eigenvalue weighted by atomic mass is 9.84. The van der Waals surface area contributed by atoms with Crippen LogP contribution in [0.2, 0.25) is 0 Å². The van der Waals surface area contributed by atoms with Gasteiger partial charge in [0.1, 0.15) is 17.3 Å². The van der Waals surface area contributed by atoms with Gasteiger partial charge in [0.15, 0.2) is 0 Å². The van der Waals surface area contributed by atoms with Crippen LogP contribution in [0, 0.1) is 12.8 Å². The SMILES string of the molecule is Cc1nc2c(c(N3CCCN(C(=O)C4CCC4)CC3)n1)CCNC2=O. The van der Waals surface area contributed by atoms with Crippen molar-refractivity contribution in [2.75, 3.05) is 37.6 Å². The summed E-state index contributed by atoms with van der Waals surface area (Å²) < 4.78 is 0. The number of amides is 2. The third kappa shape index (κ3) is 3.07. The van der Waals surface area contributed by atoms with Gasteiger partial charge in [0.25, 0.3) is 5.91 Å². The number of rotatable bonds is 2. The Morgan fingerprint density at radius 1 is 1.12 bits per heavy atom. The van der Waals surface area contributed by atoms with Gasteiger partial charge in [0.05, 0.1) is 0 Å². The van der Waals surface area contributed by atoms with E-state index in [1.807, 2.05) is 11.8 Å². The molecule has 2 aliphatic heterocycles. The molecule has 7 heteroatoms. The number of hydrogen-bond donors (Lipinski definition) is 1. The summed E-state index contributed by atoms with van der Waals surface area (Å²) in [6, 6.07) is 0. The number of fused-ring (bicyclic) bond motifs is 1. The van der Waals surface area contributed by atoms with E-state index in [2.05, 4.69) is 20.2 Å². The minimum absolute atomic E-state index is 0.107. The van der Waals surface area contributed by atoms with Crippen LogP contribution >= 0.6 is 0 Å². The first-order valence-corrected chi connectivity index (χ1v) is 9.33. The van der Waals surface area contributed by atoms with Crippen LogP contribution in [0.1, 0.15) is 47.6 Å². The average molecular weight is 343 g/mol. The molecule has 1 aromatic heterocycles. The molecule has 1 saturated carbocycles. The molecule has 134 valence electrons. The molecule has 1 N–H and O–H groups in total. The lowest BCUT2D eigenvalue weighted by Gasteiger charge is -2.31. The molecule has 25 heavy (non-hydrogen) atoms. The first kappa shape index (κ1) is 16.3. The summed E-state index contributed by atoms with van der Waals surface area (Å²) in [6.45, 7) is 5.64. The van der Waals surface area contributed by atoms with E-state index in [-0.39, 0.29) is 11.8 Å². The summed E-state index contributed by atoms with van der Waals surface area (Å²) in [4.78, 5) is 37.9. The Hall–Kier alpha value is -2.18.